The lowest BCUT2D eigenvalue weighted by Gasteiger charge is -2.02. The molecule has 0 saturated heterocycles. The normalized spacial score (nSPS) is 10.7. The van der Waals surface area contributed by atoms with E-state index in [4.69, 9.17) is 23.2 Å². The van der Waals surface area contributed by atoms with Gasteiger partial charge < -0.3 is 5.32 Å². The molecule has 0 aliphatic rings. The number of nitrogens with zero attached hydrogens (tertiary/aromatic N) is 1. The lowest BCUT2D eigenvalue weighted by atomic mass is 10.2. The summed E-state index contributed by atoms with van der Waals surface area (Å²) in [6, 6.07) is 8.84. The number of carbonyl (C=O) groups is 1. The van der Waals surface area contributed by atoms with Crippen LogP contribution in [0.1, 0.15) is 11.1 Å². The third-order valence-corrected chi connectivity index (χ3v) is 3.13. The van der Waals surface area contributed by atoms with Gasteiger partial charge in [0.05, 0.1) is 0 Å². The molecule has 1 aromatic carbocycles. The van der Waals surface area contributed by atoms with E-state index < -0.39 is 0 Å². The van der Waals surface area contributed by atoms with E-state index in [9.17, 15) is 4.79 Å². The van der Waals surface area contributed by atoms with Crippen LogP contribution in [-0.4, -0.2) is 10.9 Å². The van der Waals surface area contributed by atoms with Gasteiger partial charge in [-0.15, -0.1) is 0 Å². The molecule has 0 bridgehead atoms. The Balaban J connectivity index is 1.92. The zero-order valence-electron chi connectivity index (χ0n) is 10.5. The van der Waals surface area contributed by atoms with Gasteiger partial charge in [0, 0.05) is 35.1 Å². The largest absolute Gasteiger partial charge is 0.348 e. The predicted octanol–water partition coefficient (Wildman–Crippen LogP) is 3.72. The van der Waals surface area contributed by atoms with Crippen LogP contribution in [0.25, 0.3) is 6.08 Å². The highest BCUT2D eigenvalue weighted by molar-refractivity contribution is 6.35. The van der Waals surface area contributed by atoms with Crippen LogP contribution in [0.5, 0.6) is 0 Å². The van der Waals surface area contributed by atoms with Gasteiger partial charge in [-0.2, -0.15) is 0 Å². The number of carbonyl (C=O) groups excluding carboxylic acids is 1. The van der Waals surface area contributed by atoms with E-state index in [1.54, 1.807) is 36.7 Å². The Morgan fingerprint density at radius 1 is 1.30 bits per heavy atom. The Labute approximate surface area is 127 Å². The first-order valence-corrected chi connectivity index (χ1v) is 6.70. The van der Waals surface area contributed by atoms with E-state index in [0.29, 0.717) is 16.6 Å². The molecule has 0 aliphatic heterocycles. The van der Waals surface area contributed by atoms with Crippen molar-refractivity contribution in [3.8, 4) is 0 Å². The summed E-state index contributed by atoms with van der Waals surface area (Å²) in [6.07, 6.45) is 6.48. The van der Waals surface area contributed by atoms with Crippen LogP contribution in [0.15, 0.2) is 48.8 Å². The van der Waals surface area contributed by atoms with E-state index in [1.807, 2.05) is 12.1 Å². The number of nitrogens with one attached hydrogen (secondary N) is 1. The van der Waals surface area contributed by atoms with Crippen LogP contribution in [0.2, 0.25) is 10.0 Å². The molecule has 0 unspecified atom stereocenters. The van der Waals surface area contributed by atoms with E-state index in [2.05, 4.69) is 10.3 Å². The molecule has 3 nitrogen and oxygen atoms in total. The molecule has 0 radical (unpaired) electrons. The summed E-state index contributed by atoms with van der Waals surface area (Å²) in [5.74, 6) is -0.195. The number of benzene rings is 1. The van der Waals surface area contributed by atoms with Crippen molar-refractivity contribution in [2.75, 3.05) is 0 Å². The first-order chi connectivity index (χ1) is 9.65. The fourth-order valence-electron chi connectivity index (χ4n) is 1.55. The minimum Gasteiger partial charge on any atom is -0.348 e. The average molecular weight is 307 g/mol. The van der Waals surface area contributed by atoms with Crippen LogP contribution in [-0.2, 0) is 11.3 Å². The van der Waals surface area contributed by atoms with Crippen molar-refractivity contribution >= 4 is 35.2 Å². The minimum absolute atomic E-state index is 0.195. The molecule has 0 atom stereocenters. The average Bonchev–Trinajstić information content (AvgIpc) is 2.45. The molecule has 0 spiro atoms. The lowest BCUT2D eigenvalue weighted by molar-refractivity contribution is -0.116. The first-order valence-electron chi connectivity index (χ1n) is 5.95. The van der Waals surface area contributed by atoms with Gasteiger partial charge in [0.1, 0.15) is 0 Å². The number of pyridine rings is 1. The third-order valence-electron chi connectivity index (χ3n) is 2.57. The van der Waals surface area contributed by atoms with E-state index in [-0.39, 0.29) is 5.91 Å². The van der Waals surface area contributed by atoms with E-state index in [1.165, 1.54) is 6.08 Å². The molecule has 1 heterocycles. The van der Waals surface area contributed by atoms with Crippen LogP contribution in [0.3, 0.4) is 0 Å². The second-order valence-corrected chi connectivity index (χ2v) is 4.92. The molecule has 2 aromatic rings. The molecule has 1 amide bonds. The van der Waals surface area contributed by atoms with Gasteiger partial charge in [-0.05, 0) is 35.4 Å². The monoisotopic (exact) mass is 306 g/mol. The smallest absolute Gasteiger partial charge is 0.244 e. The molecule has 20 heavy (non-hydrogen) atoms. The SMILES string of the molecule is O=C(/C=C/c1ccc(Cl)cc1Cl)NCc1cccnc1. The summed E-state index contributed by atoms with van der Waals surface area (Å²) in [5, 5.41) is 3.84. The molecular weight excluding hydrogens is 295 g/mol. The number of rotatable bonds is 4. The van der Waals surface area contributed by atoms with E-state index in [0.717, 1.165) is 11.1 Å². The highest BCUT2D eigenvalue weighted by atomic mass is 35.5. The topological polar surface area (TPSA) is 42.0 Å². The van der Waals surface area contributed by atoms with Crippen LogP contribution < -0.4 is 5.32 Å². The lowest BCUT2D eigenvalue weighted by Crippen LogP contribution is -2.20. The molecule has 0 aliphatic carbocycles. The van der Waals surface area contributed by atoms with Gasteiger partial charge in [0.25, 0.3) is 0 Å². The summed E-state index contributed by atoms with van der Waals surface area (Å²) in [5.41, 5.74) is 1.69. The standard InChI is InChI=1S/C15H12Cl2N2O/c16-13-5-3-12(14(17)8-13)4-6-15(20)19-10-11-2-1-7-18-9-11/h1-9H,10H2,(H,19,20)/b6-4+. The molecular formula is C15H12Cl2N2O. The molecule has 1 aromatic heterocycles. The molecule has 5 heteroatoms. The van der Waals surface area contributed by atoms with Crippen molar-refractivity contribution in [2.45, 2.75) is 6.54 Å². The summed E-state index contributed by atoms with van der Waals surface area (Å²) in [4.78, 5) is 15.7. The van der Waals surface area contributed by atoms with Crippen molar-refractivity contribution in [2.24, 2.45) is 0 Å². The molecule has 2 rings (SSSR count). The Hall–Kier alpha value is -1.84. The van der Waals surface area contributed by atoms with Gasteiger partial charge in [0.15, 0.2) is 0 Å². The van der Waals surface area contributed by atoms with Crippen molar-refractivity contribution in [3.05, 3.63) is 70.0 Å². The summed E-state index contributed by atoms with van der Waals surface area (Å²) in [6.45, 7) is 0.436. The maximum atomic E-state index is 11.7. The second-order valence-electron chi connectivity index (χ2n) is 4.08. The number of hydrogen-bond acceptors (Lipinski definition) is 2. The highest BCUT2D eigenvalue weighted by Gasteiger charge is 2.00. The quantitative estimate of drug-likeness (QED) is 0.875. The summed E-state index contributed by atoms with van der Waals surface area (Å²) < 4.78 is 0. The Bertz CT molecular complexity index is 627. The van der Waals surface area contributed by atoms with Gasteiger partial charge in [-0.25, -0.2) is 0 Å². The van der Waals surface area contributed by atoms with Gasteiger partial charge in [0.2, 0.25) is 5.91 Å². The number of halogens is 2. The number of hydrogen-bond donors (Lipinski definition) is 1. The number of aromatic nitrogens is 1. The van der Waals surface area contributed by atoms with Gasteiger partial charge in [-0.1, -0.05) is 35.3 Å². The Morgan fingerprint density at radius 2 is 2.15 bits per heavy atom. The fourth-order valence-corrected chi connectivity index (χ4v) is 2.02. The van der Waals surface area contributed by atoms with Crippen LogP contribution in [0.4, 0.5) is 0 Å². The van der Waals surface area contributed by atoms with Crippen molar-refractivity contribution in [3.63, 3.8) is 0 Å². The van der Waals surface area contributed by atoms with E-state index >= 15 is 0 Å². The Morgan fingerprint density at radius 3 is 2.85 bits per heavy atom. The molecule has 1 N–H and O–H groups in total. The van der Waals surface area contributed by atoms with Gasteiger partial charge >= 0.3 is 0 Å². The fraction of sp³-hybridized carbons (Fsp3) is 0.0667. The number of amides is 1. The van der Waals surface area contributed by atoms with Crippen molar-refractivity contribution in [1.29, 1.82) is 0 Å². The molecule has 102 valence electrons. The van der Waals surface area contributed by atoms with Crippen molar-refractivity contribution < 1.29 is 4.79 Å². The highest BCUT2D eigenvalue weighted by Crippen LogP contribution is 2.21. The summed E-state index contributed by atoms with van der Waals surface area (Å²) >= 11 is 11.8. The predicted molar refractivity (Wildman–Crippen MR) is 81.6 cm³/mol. The molecule has 0 saturated carbocycles. The second kappa shape index (κ2) is 7.08. The Kier molecular flexibility index (Phi) is 5.16. The zero-order valence-corrected chi connectivity index (χ0v) is 12.0. The summed E-state index contributed by atoms with van der Waals surface area (Å²) in [7, 11) is 0. The van der Waals surface area contributed by atoms with Crippen LogP contribution >= 0.6 is 23.2 Å². The van der Waals surface area contributed by atoms with Crippen molar-refractivity contribution in [1.82, 2.24) is 10.3 Å². The maximum Gasteiger partial charge on any atom is 0.244 e. The maximum absolute atomic E-state index is 11.7. The van der Waals surface area contributed by atoms with Crippen LogP contribution in [0, 0.1) is 0 Å². The zero-order chi connectivity index (χ0) is 14.4. The van der Waals surface area contributed by atoms with Gasteiger partial charge in [-0.3, -0.25) is 9.78 Å². The third kappa shape index (κ3) is 4.37. The first kappa shape index (κ1) is 14.6. The minimum atomic E-state index is -0.195. The molecule has 0 fully saturated rings.